The van der Waals surface area contributed by atoms with Crippen molar-refractivity contribution in [2.24, 2.45) is 11.7 Å². The maximum absolute atomic E-state index is 12.0. The molecule has 6 heteroatoms. The highest BCUT2D eigenvalue weighted by Gasteiger charge is 2.55. The van der Waals surface area contributed by atoms with Crippen LogP contribution in [0, 0.1) is 12.8 Å². The van der Waals surface area contributed by atoms with E-state index in [-0.39, 0.29) is 11.0 Å². The first-order valence-corrected chi connectivity index (χ1v) is 9.31. The highest BCUT2D eigenvalue weighted by atomic mass is 16.3. The minimum Gasteiger partial charge on any atom is -0.442 e. The average Bonchev–Trinajstić information content (AvgIpc) is 3.38. The quantitative estimate of drug-likeness (QED) is 0.869. The van der Waals surface area contributed by atoms with Crippen molar-refractivity contribution < 1.29 is 9.21 Å². The number of primary amides is 1. The number of hydrogen-bond donors (Lipinski definition) is 2. The van der Waals surface area contributed by atoms with E-state index in [4.69, 9.17) is 20.1 Å². The number of anilines is 1. The molecule has 3 saturated carbocycles. The summed E-state index contributed by atoms with van der Waals surface area (Å²) in [6.07, 6.45) is 8.36. The summed E-state index contributed by atoms with van der Waals surface area (Å²) in [7, 11) is 0. The third-order valence-corrected chi connectivity index (χ3v) is 6.51. The van der Waals surface area contributed by atoms with Crippen molar-refractivity contribution in [3.05, 3.63) is 17.1 Å². The maximum Gasteiger partial charge on any atom is 0.253 e. The summed E-state index contributed by atoms with van der Waals surface area (Å²) in [5.74, 6) is 2.33. The van der Waals surface area contributed by atoms with E-state index in [0.29, 0.717) is 28.3 Å². The minimum absolute atomic E-state index is 0.0474. The van der Waals surface area contributed by atoms with Crippen LogP contribution in [0.1, 0.15) is 73.8 Å². The fraction of sp³-hybridized carbons (Fsp3) is 0.632. The highest BCUT2D eigenvalue weighted by Crippen LogP contribution is 2.59. The van der Waals surface area contributed by atoms with Gasteiger partial charge in [0.25, 0.3) is 5.91 Å². The van der Waals surface area contributed by atoms with Crippen molar-refractivity contribution in [1.29, 1.82) is 0 Å². The van der Waals surface area contributed by atoms with Gasteiger partial charge < -0.3 is 15.5 Å². The number of fused-ring (bicyclic) bond motifs is 1. The molecule has 2 heterocycles. The molecule has 6 nitrogen and oxygen atoms in total. The molecule has 132 valence electrons. The normalized spacial score (nSPS) is 23.3. The summed E-state index contributed by atoms with van der Waals surface area (Å²) < 4.78 is 5.84. The fourth-order valence-corrected chi connectivity index (χ4v) is 4.23. The van der Waals surface area contributed by atoms with Gasteiger partial charge in [0.15, 0.2) is 0 Å². The van der Waals surface area contributed by atoms with Crippen molar-refractivity contribution in [3.8, 4) is 0 Å². The van der Waals surface area contributed by atoms with E-state index in [9.17, 15) is 4.79 Å². The Morgan fingerprint density at radius 1 is 1.24 bits per heavy atom. The van der Waals surface area contributed by atoms with Crippen LogP contribution in [0.5, 0.6) is 0 Å². The van der Waals surface area contributed by atoms with E-state index in [1.807, 2.05) is 0 Å². The zero-order valence-corrected chi connectivity index (χ0v) is 14.8. The lowest BCUT2D eigenvalue weighted by molar-refractivity contribution is 0.1000. The van der Waals surface area contributed by atoms with E-state index in [0.717, 1.165) is 37.3 Å². The van der Waals surface area contributed by atoms with Crippen molar-refractivity contribution >= 4 is 22.8 Å². The summed E-state index contributed by atoms with van der Waals surface area (Å²) in [4.78, 5) is 21.7. The van der Waals surface area contributed by atoms with E-state index < -0.39 is 5.91 Å². The van der Waals surface area contributed by atoms with E-state index in [1.54, 1.807) is 6.92 Å². The lowest BCUT2D eigenvalue weighted by Crippen LogP contribution is -2.29. The molecule has 1 amide bonds. The fourth-order valence-electron chi connectivity index (χ4n) is 4.23. The van der Waals surface area contributed by atoms with Crippen LogP contribution in [0.2, 0.25) is 0 Å². The van der Waals surface area contributed by atoms with Gasteiger partial charge in [-0.3, -0.25) is 4.79 Å². The number of furan rings is 1. The topological polar surface area (TPSA) is 94.0 Å². The number of aryl methyl sites for hydroxylation is 1. The molecular weight excluding hydrogens is 316 g/mol. The Morgan fingerprint density at radius 3 is 2.48 bits per heavy atom. The Labute approximate surface area is 146 Å². The number of amides is 1. The zero-order chi connectivity index (χ0) is 17.4. The molecule has 2 aromatic rings. The number of nitrogens with one attached hydrogen (secondary N) is 1. The Morgan fingerprint density at radius 2 is 1.96 bits per heavy atom. The third kappa shape index (κ3) is 2.19. The molecule has 0 aliphatic heterocycles. The molecule has 0 spiro atoms. The van der Waals surface area contributed by atoms with Crippen LogP contribution >= 0.6 is 0 Å². The number of rotatable bonds is 5. The molecule has 0 saturated heterocycles. The first-order valence-electron chi connectivity index (χ1n) is 9.31. The molecule has 25 heavy (non-hydrogen) atoms. The second kappa shape index (κ2) is 4.74. The zero-order valence-electron chi connectivity index (χ0n) is 14.8. The number of carbonyl (C=O) groups is 1. The molecular formula is C19H24N4O2. The van der Waals surface area contributed by atoms with Gasteiger partial charge in [0, 0.05) is 11.0 Å². The van der Waals surface area contributed by atoms with Crippen LogP contribution in [-0.2, 0) is 5.41 Å². The molecule has 0 unspecified atom stereocenters. The van der Waals surface area contributed by atoms with Crippen LogP contribution in [0.3, 0.4) is 0 Å². The monoisotopic (exact) mass is 340 g/mol. The van der Waals surface area contributed by atoms with Crippen molar-refractivity contribution in [2.45, 2.75) is 69.7 Å². The molecule has 3 aliphatic carbocycles. The Bertz CT molecular complexity index is 888. The summed E-state index contributed by atoms with van der Waals surface area (Å²) >= 11 is 0. The van der Waals surface area contributed by atoms with Crippen molar-refractivity contribution in [3.63, 3.8) is 0 Å². The smallest absolute Gasteiger partial charge is 0.253 e. The largest absolute Gasteiger partial charge is 0.442 e. The van der Waals surface area contributed by atoms with Gasteiger partial charge in [-0.05, 0) is 58.3 Å². The van der Waals surface area contributed by atoms with Crippen molar-refractivity contribution in [1.82, 2.24) is 9.97 Å². The molecule has 2 aromatic heterocycles. The van der Waals surface area contributed by atoms with Gasteiger partial charge in [0.2, 0.25) is 5.71 Å². The molecule has 3 N–H and O–H groups in total. The number of hydrogen-bond acceptors (Lipinski definition) is 5. The summed E-state index contributed by atoms with van der Waals surface area (Å²) in [5, 5.41) is 4.18. The van der Waals surface area contributed by atoms with E-state index in [1.165, 1.54) is 19.3 Å². The molecule has 0 radical (unpaired) electrons. The Balaban J connectivity index is 1.69. The first kappa shape index (κ1) is 15.2. The maximum atomic E-state index is 12.0. The van der Waals surface area contributed by atoms with Gasteiger partial charge in [0.1, 0.15) is 17.4 Å². The molecule has 3 aliphatic rings. The number of nitrogens with two attached hydrogens (primary N) is 1. The summed E-state index contributed by atoms with van der Waals surface area (Å²) in [6, 6.07) is 0. The SMILES string of the molecule is Cc1oc2nc(C3(C4CCC4)CC3)nc(NC3(C)CC3)c2c1C(N)=O. The van der Waals surface area contributed by atoms with Crippen LogP contribution in [0.25, 0.3) is 11.1 Å². The summed E-state index contributed by atoms with van der Waals surface area (Å²) in [6.45, 7) is 3.94. The second-order valence-corrected chi connectivity index (χ2v) is 8.44. The van der Waals surface area contributed by atoms with E-state index >= 15 is 0 Å². The molecule has 3 fully saturated rings. The van der Waals surface area contributed by atoms with Gasteiger partial charge in [-0.25, -0.2) is 4.98 Å². The number of carbonyl (C=O) groups excluding carboxylic acids is 1. The van der Waals surface area contributed by atoms with E-state index in [2.05, 4.69) is 12.2 Å². The lowest BCUT2D eigenvalue weighted by Gasteiger charge is -2.33. The first-order chi connectivity index (χ1) is 11.9. The van der Waals surface area contributed by atoms with Crippen molar-refractivity contribution in [2.75, 3.05) is 5.32 Å². The Hall–Kier alpha value is -2.11. The van der Waals surface area contributed by atoms with Gasteiger partial charge in [-0.2, -0.15) is 4.98 Å². The lowest BCUT2D eigenvalue weighted by atomic mass is 9.73. The molecule has 0 aromatic carbocycles. The minimum atomic E-state index is -0.489. The van der Waals surface area contributed by atoms with Gasteiger partial charge in [-0.15, -0.1) is 0 Å². The van der Waals surface area contributed by atoms with Crippen LogP contribution < -0.4 is 11.1 Å². The van der Waals surface area contributed by atoms with Crippen LogP contribution in [0.4, 0.5) is 5.82 Å². The predicted molar refractivity (Wildman–Crippen MR) is 94.6 cm³/mol. The second-order valence-electron chi connectivity index (χ2n) is 8.44. The summed E-state index contributed by atoms with van der Waals surface area (Å²) in [5.41, 5.74) is 6.68. The predicted octanol–water partition coefficient (Wildman–Crippen LogP) is 3.43. The Kier molecular flexibility index (Phi) is 2.88. The van der Waals surface area contributed by atoms with Crippen LogP contribution in [0.15, 0.2) is 4.42 Å². The van der Waals surface area contributed by atoms with Gasteiger partial charge >= 0.3 is 0 Å². The highest BCUT2D eigenvalue weighted by molar-refractivity contribution is 6.09. The van der Waals surface area contributed by atoms with Gasteiger partial charge in [-0.1, -0.05) is 6.42 Å². The van der Waals surface area contributed by atoms with Gasteiger partial charge in [0.05, 0.1) is 10.9 Å². The van der Waals surface area contributed by atoms with Crippen LogP contribution in [-0.4, -0.2) is 21.4 Å². The molecule has 5 rings (SSSR count). The molecule has 0 bridgehead atoms. The number of nitrogens with zero attached hydrogens (tertiary/aromatic N) is 2. The molecule has 0 atom stereocenters. The number of aromatic nitrogens is 2. The standard InChI is InChI=1S/C19H24N4O2/c1-10-12(14(20)24)13-15(23-18(2)6-7-18)21-17(22-16(13)25-10)19(8-9-19)11-4-3-5-11/h11H,3-9H2,1-2H3,(H2,20,24)(H,21,22,23). The average molecular weight is 340 g/mol. The third-order valence-electron chi connectivity index (χ3n) is 6.51.